The molecule has 0 aromatic carbocycles. The van der Waals surface area contributed by atoms with Gasteiger partial charge in [0.05, 0.1) is 0 Å². The molecule has 0 aliphatic carbocycles. The fourth-order valence-electron chi connectivity index (χ4n) is 1.23. The Hall–Kier alpha value is -1.39. The number of carbonyl (C=O) groups is 1. The monoisotopic (exact) mass is 265 g/mol. The number of thiophene rings is 1. The SMILES string of the molecule is CC(C)CNC(=O)/C=C/C=C\C(O)c1cccs1. The second kappa shape index (κ2) is 7.84. The molecule has 3 nitrogen and oxygen atoms in total. The Morgan fingerprint density at radius 3 is 2.89 bits per heavy atom. The fraction of sp³-hybridized carbons (Fsp3) is 0.357. The lowest BCUT2D eigenvalue weighted by Crippen LogP contribution is -2.25. The van der Waals surface area contributed by atoms with E-state index in [1.54, 1.807) is 18.2 Å². The van der Waals surface area contributed by atoms with Crippen molar-refractivity contribution in [1.82, 2.24) is 5.32 Å². The van der Waals surface area contributed by atoms with Gasteiger partial charge in [0.15, 0.2) is 0 Å². The molecular weight excluding hydrogens is 246 g/mol. The number of carbonyl (C=O) groups excluding carboxylic acids is 1. The Labute approximate surface area is 112 Å². The van der Waals surface area contributed by atoms with E-state index in [4.69, 9.17) is 0 Å². The standard InChI is InChI=1S/C14H19NO2S/c1-11(2)10-15-14(17)8-4-3-6-12(16)13-7-5-9-18-13/h3-9,11-12,16H,10H2,1-2H3,(H,15,17)/b6-3-,8-4+. The fourth-order valence-corrected chi connectivity index (χ4v) is 1.92. The number of amides is 1. The van der Waals surface area contributed by atoms with E-state index in [9.17, 15) is 9.90 Å². The molecule has 2 N–H and O–H groups in total. The Balaban J connectivity index is 2.33. The Morgan fingerprint density at radius 2 is 2.28 bits per heavy atom. The van der Waals surface area contributed by atoms with E-state index in [0.29, 0.717) is 12.5 Å². The van der Waals surface area contributed by atoms with Crippen molar-refractivity contribution >= 4 is 17.2 Å². The van der Waals surface area contributed by atoms with Gasteiger partial charge in [0.2, 0.25) is 5.91 Å². The molecule has 0 saturated heterocycles. The molecule has 1 heterocycles. The van der Waals surface area contributed by atoms with Gasteiger partial charge in [-0.1, -0.05) is 38.1 Å². The van der Waals surface area contributed by atoms with Gasteiger partial charge in [-0.3, -0.25) is 4.79 Å². The summed E-state index contributed by atoms with van der Waals surface area (Å²) in [6, 6.07) is 3.77. The number of hydrogen-bond donors (Lipinski definition) is 2. The van der Waals surface area contributed by atoms with E-state index >= 15 is 0 Å². The minimum Gasteiger partial charge on any atom is -0.383 e. The summed E-state index contributed by atoms with van der Waals surface area (Å²) in [6.45, 7) is 4.76. The highest BCUT2D eigenvalue weighted by Crippen LogP contribution is 2.19. The molecule has 1 aromatic rings. The molecule has 0 bridgehead atoms. The van der Waals surface area contributed by atoms with E-state index < -0.39 is 6.10 Å². The second-order valence-corrected chi connectivity index (χ2v) is 5.32. The normalized spacial score (nSPS) is 13.6. The summed E-state index contributed by atoms with van der Waals surface area (Å²) in [6.07, 6.45) is 5.82. The maximum Gasteiger partial charge on any atom is 0.243 e. The van der Waals surface area contributed by atoms with Gasteiger partial charge in [-0.25, -0.2) is 0 Å². The Bertz CT molecular complexity index is 407. The van der Waals surface area contributed by atoms with Crippen molar-refractivity contribution < 1.29 is 9.90 Å². The van der Waals surface area contributed by atoms with Crippen LogP contribution in [0.4, 0.5) is 0 Å². The maximum atomic E-state index is 11.3. The lowest BCUT2D eigenvalue weighted by molar-refractivity contribution is -0.116. The quantitative estimate of drug-likeness (QED) is 0.613. The maximum absolute atomic E-state index is 11.3. The van der Waals surface area contributed by atoms with Crippen LogP contribution in [0.5, 0.6) is 0 Å². The number of aliphatic hydroxyl groups excluding tert-OH is 1. The molecule has 0 aliphatic rings. The van der Waals surface area contributed by atoms with Crippen LogP contribution in [-0.4, -0.2) is 17.6 Å². The topological polar surface area (TPSA) is 49.3 Å². The number of nitrogens with one attached hydrogen (secondary N) is 1. The molecule has 18 heavy (non-hydrogen) atoms. The van der Waals surface area contributed by atoms with Gasteiger partial charge in [-0.15, -0.1) is 11.3 Å². The number of allylic oxidation sites excluding steroid dienone is 2. The molecule has 4 heteroatoms. The molecule has 1 atom stereocenters. The third kappa shape index (κ3) is 5.80. The van der Waals surface area contributed by atoms with Gasteiger partial charge in [0, 0.05) is 17.5 Å². The van der Waals surface area contributed by atoms with Crippen LogP contribution < -0.4 is 5.32 Å². The van der Waals surface area contributed by atoms with Crippen LogP contribution in [0, 0.1) is 5.92 Å². The van der Waals surface area contributed by atoms with Crippen LogP contribution in [0.2, 0.25) is 0 Å². The predicted molar refractivity (Wildman–Crippen MR) is 75.4 cm³/mol. The van der Waals surface area contributed by atoms with E-state index in [1.807, 2.05) is 31.4 Å². The third-order valence-electron chi connectivity index (χ3n) is 2.17. The predicted octanol–water partition coefficient (Wildman–Crippen LogP) is 2.67. The highest BCUT2D eigenvalue weighted by Gasteiger charge is 2.02. The summed E-state index contributed by atoms with van der Waals surface area (Å²) in [7, 11) is 0. The summed E-state index contributed by atoms with van der Waals surface area (Å²) in [4.78, 5) is 12.2. The van der Waals surface area contributed by atoms with Crippen molar-refractivity contribution in [2.75, 3.05) is 6.54 Å². The zero-order valence-corrected chi connectivity index (χ0v) is 11.5. The summed E-state index contributed by atoms with van der Waals surface area (Å²) in [5, 5.41) is 14.4. The third-order valence-corrected chi connectivity index (χ3v) is 3.11. The van der Waals surface area contributed by atoms with Crippen LogP contribution in [0.25, 0.3) is 0 Å². The van der Waals surface area contributed by atoms with Crippen LogP contribution in [0.1, 0.15) is 24.8 Å². The zero-order chi connectivity index (χ0) is 13.4. The smallest absolute Gasteiger partial charge is 0.243 e. The van der Waals surface area contributed by atoms with Gasteiger partial charge in [0.1, 0.15) is 6.10 Å². The first-order valence-corrected chi connectivity index (χ1v) is 6.81. The average Bonchev–Trinajstić information content (AvgIpc) is 2.85. The van der Waals surface area contributed by atoms with Crippen LogP contribution in [0.15, 0.2) is 41.8 Å². The van der Waals surface area contributed by atoms with Gasteiger partial charge in [-0.05, 0) is 17.4 Å². The van der Waals surface area contributed by atoms with Crippen LogP contribution in [0.3, 0.4) is 0 Å². The number of rotatable bonds is 6. The first kappa shape index (κ1) is 14.7. The largest absolute Gasteiger partial charge is 0.383 e. The molecule has 0 fully saturated rings. The first-order chi connectivity index (χ1) is 8.59. The molecule has 0 saturated carbocycles. The van der Waals surface area contributed by atoms with Crippen molar-refractivity contribution in [1.29, 1.82) is 0 Å². The highest BCUT2D eigenvalue weighted by atomic mass is 32.1. The molecule has 0 spiro atoms. The second-order valence-electron chi connectivity index (χ2n) is 4.34. The highest BCUT2D eigenvalue weighted by molar-refractivity contribution is 7.10. The van der Waals surface area contributed by atoms with Crippen molar-refractivity contribution in [2.45, 2.75) is 20.0 Å². The summed E-state index contributed by atoms with van der Waals surface area (Å²) in [5.41, 5.74) is 0. The van der Waals surface area contributed by atoms with E-state index in [0.717, 1.165) is 4.88 Å². The lowest BCUT2D eigenvalue weighted by Gasteiger charge is -2.03. The molecule has 1 unspecified atom stereocenters. The molecule has 1 rings (SSSR count). The molecular formula is C14H19NO2S. The number of hydrogen-bond acceptors (Lipinski definition) is 3. The van der Waals surface area contributed by atoms with E-state index in [1.165, 1.54) is 17.4 Å². The van der Waals surface area contributed by atoms with Crippen molar-refractivity contribution in [3.05, 3.63) is 46.7 Å². The molecule has 0 aliphatic heterocycles. The molecule has 0 radical (unpaired) electrons. The number of aliphatic hydroxyl groups is 1. The Kier molecular flexibility index (Phi) is 6.39. The van der Waals surface area contributed by atoms with Crippen LogP contribution >= 0.6 is 11.3 Å². The minimum atomic E-state index is -0.603. The van der Waals surface area contributed by atoms with E-state index in [-0.39, 0.29) is 5.91 Å². The van der Waals surface area contributed by atoms with Crippen molar-refractivity contribution in [3.63, 3.8) is 0 Å². The van der Waals surface area contributed by atoms with Crippen molar-refractivity contribution in [3.8, 4) is 0 Å². The summed E-state index contributed by atoms with van der Waals surface area (Å²) in [5.74, 6) is 0.331. The van der Waals surface area contributed by atoms with Gasteiger partial charge in [-0.2, -0.15) is 0 Å². The van der Waals surface area contributed by atoms with Gasteiger partial charge < -0.3 is 10.4 Å². The molecule has 1 amide bonds. The van der Waals surface area contributed by atoms with Gasteiger partial charge in [0.25, 0.3) is 0 Å². The summed E-state index contributed by atoms with van der Waals surface area (Å²) < 4.78 is 0. The van der Waals surface area contributed by atoms with Gasteiger partial charge >= 0.3 is 0 Å². The zero-order valence-electron chi connectivity index (χ0n) is 10.7. The Morgan fingerprint density at radius 1 is 1.50 bits per heavy atom. The van der Waals surface area contributed by atoms with E-state index in [2.05, 4.69) is 5.32 Å². The lowest BCUT2D eigenvalue weighted by atomic mass is 10.2. The molecule has 1 aromatic heterocycles. The van der Waals surface area contributed by atoms with Crippen molar-refractivity contribution in [2.24, 2.45) is 5.92 Å². The summed E-state index contributed by atoms with van der Waals surface area (Å²) >= 11 is 1.50. The average molecular weight is 265 g/mol. The van der Waals surface area contributed by atoms with Crippen LogP contribution in [-0.2, 0) is 4.79 Å². The first-order valence-electron chi connectivity index (χ1n) is 5.93. The minimum absolute atomic E-state index is 0.112. The molecule has 98 valence electrons.